The van der Waals surface area contributed by atoms with Crippen LogP contribution in [0.15, 0.2) is 36.4 Å². The largest absolute Gasteiger partial charge is 0.508 e. The number of hydrogen-bond acceptors (Lipinski definition) is 3. The first-order chi connectivity index (χ1) is 11.9. The van der Waals surface area contributed by atoms with E-state index in [-0.39, 0.29) is 17.6 Å². The first-order valence-electron chi connectivity index (χ1n) is 8.21. The van der Waals surface area contributed by atoms with Gasteiger partial charge in [-0.3, -0.25) is 4.79 Å². The molecule has 1 atom stereocenters. The van der Waals surface area contributed by atoms with E-state index in [1.807, 2.05) is 11.8 Å². The van der Waals surface area contributed by atoms with Crippen molar-refractivity contribution in [3.05, 3.63) is 59.2 Å². The van der Waals surface area contributed by atoms with Gasteiger partial charge >= 0.3 is 0 Å². The zero-order chi connectivity index (χ0) is 18.0. The first kappa shape index (κ1) is 17.2. The number of rotatable bonds is 4. The van der Waals surface area contributed by atoms with Crippen LogP contribution in [0, 0.1) is 24.5 Å². The molecule has 6 heteroatoms. The minimum absolute atomic E-state index is 0.0592. The summed E-state index contributed by atoms with van der Waals surface area (Å²) < 4.78 is 26.9. The van der Waals surface area contributed by atoms with E-state index in [2.05, 4.69) is 5.32 Å². The Labute approximate surface area is 145 Å². The minimum atomic E-state index is -0.592. The number of benzene rings is 2. The molecule has 0 aliphatic carbocycles. The van der Waals surface area contributed by atoms with E-state index in [9.17, 15) is 18.7 Å². The van der Waals surface area contributed by atoms with Crippen molar-refractivity contribution in [1.82, 2.24) is 5.32 Å². The second-order valence-electron chi connectivity index (χ2n) is 6.46. The van der Waals surface area contributed by atoms with Gasteiger partial charge in [0.15, 0.2) is 0 Å². The van der Waals surface area contributed by atoms with Crippen LogP contribution in [0.2, 0.25) is 0 Å². The van der Waals surface area contributed by atoms with Crippen molar-refractivity contribution in [3.63, 3.8) is 0 Å². The second kappa shape index (κ2) is 7.09. The number of phenols is 1. The molecule has 2 aromatic rings. The Morgan fingerprint density at radius 1 is 1.28 bits per heavy atom. The molecule has 0 radical (unpaired) electrons. The molecule has 25 heavy (non-hydrogen) atoms. The SMILES string of the molecule is Cc1cc(O)cc(C(=O)NCC2CCN(c3ccc(F)cc3F)C2)c1. The summed E-state index contributed by atoms with van der Waals surface area (Å²) in [5.74, 6) is -1.16. The fraction of sp³-hybridized carbons (Fsp3) is 0.316. The van der Waals surface area contributed by atoms with E-state index in [0.717, 1.165) is 18.1 Å². The lowest BCUT2D eigenvalue weighted by molar-refractivity contribution is 0.0947. The Kier molecular flexibility index (Phi) is 4.88. The van der Waals surface area contributed by atoms with Crippen molar-refractivity contribution >= 4 is 11.6 Å². The molecule has 1 saturated heterocycles. The molecule has 0 spiro atoms. The van der Waals surface area contributed by atoms with Crippen LogP contribution >= 0.6 is 0 Å². The van der Waals surface area contributed by atoms with Gasteiger partial charge in [-0.15, -0.1) is 0 Å². The van der Waals surface area contributed by atoms with E-state index in [0.29, 0.717) is 30.9 Å². The molecule has 1 aliphatic rings. The molecule has 132 valence electrons. The highest BCUT2D eigenvalue weighted by atomic mass is 19.1. The van der Waals surface area contributed by atoms with Crippen molar-refractivity contribution in [2.24, 2.45) is 5.92 Å². The quantitative estimate of drug-likeness (QED) is 0.894. The predicted molar refractivity (Wildman–Crippen MR) is 91.9 cm³/mol. The molecule has 1 unspecified atom stereocenters. The lowest BCUT2D eigenvalue weighted by Gasteiger charge is -2.19. The van der Waals surface area contributed by atoms with E-state index < -0.39 is 11.6 Å². The number of amides is 1. The number of halogens is 2. The lowest BCUT2D eigenvalue weighted by Crippen LogP contribution is -2.31. The van der Waals surface area contributed by atoms with Gasteiger partial charge in [-0.2, -0.15) is 0 Å². The minimum Gasteiger partial charge on any atom is -0.508 e. The van der Waals surface area contributed by atoms with Gasteiger partial charge in [0.25, 0.3) is 5.91 Å². The topological polar surface area (TPSA) is 52.6 Å². The van der Waals surface area contributed by atoms with Crippen LogP contribution < -0.4 is 10.2 Å². The summed E-state index contributed by atoms with van der Waals surface area (Å²) in [5.41, 5.74) is 1.61. The Bertz CT molecular complexity index is 775. The average Bonchev–Trinajstić information content (AvgIpc) is 3.00. The highest BCUT2D eigenvalue weighted by Crippen LogP contribution is 2.26. The molecule has 0 bridgehead atoms. The maximum atomic E-state index is 13.9. The fourth-order valence-corrected chi connectivity index (χ4v) is 3.19. The molecule has 2 aromatic carbocycles. The van der Waals surface area contributed by atoms with Crippen LogP contribution in [0.3, 0.4) is 0 Å². The number of nitrogens with one attached hydrogen (secondary N) is 1. The normalized spacial score (nSPS) is 16.9. The summed E-state index contributed by atoms with van der Waals surface area (Å²) >= 11 is 0. The summed E-state index contributed by atoms with van der Waals surface area (Å²) in [7, 11) is 0. The number of nitrogens with zero attached hydrogens (tertiary/aromatic N) is 1. The number of phenolic OH excluding ortho intramolecular Hbond substituents is 1. The highest BCUT2D eigenvalue weighted by Gasteiger charge is 2.25. The van der Waals surface area contributed by atoms with Crippen molar-refractivity contribution in [3.8, 4) is 5.75 Å². The number of aromatic hydroxyl groups is 1. The van der Waals surface area contributed by atoms with E-state index in [1.165, 1.54) is 18.2 Å². The molecule has 1 aliphatic heterocycles. The second-order valence-corrected chi connectivity index (χ2v) is 6.46. The number of aryl methyl sites for hydroxylation is 1. The van der Waals surface area contributed by atoms with E-state index in [1.54, 1.807) is 12.1 Å². The van der Waals surface area contributed by atoms with Crippen molar-refractivity contribution in [2.45, 2.75) is 13.3 Å². The van der Waals surface area contributed by atoms with Gasteiger partial charge in [0.05, 0.1) is 5.69 Å². The molecule has 3 rings (SSSR count). The summed E-state index contributed by atoms with van der Waals surface area (Å²) in [4.78, 5) is 14.1. The maximum absolute atomic E-state index is 13.9. The Morgan fingerprint density at radius 2 is 2.08 bits per heavy atom. The third kappa shape index (κ3) is 4.07. The number of hydrogen-bond donors (Lipinski definition) is 2. The van der Waals surface area contributed by atoms with Crippen molar-refractivity contribution in [1.29, 1.82) is 0 Å². The van der Waals surface area contributed by atoms with E-state index >= 15 is 0 Å². The van der Waals surface area contributed by atoms with Gasteiger partial charge < -0.3 is 15.3 Å². The van der Waals surface area contributed by atoms with Gasteiger partial charge in [0, 0.05) is 31.3 Å². The molecule has 2 N–H and O–H groups in total. The zero-order valence-electron chi connectivity index (χ0n) is 13.9. The van der Waals surface area contributed by atoms with Crippen LogP contribution in [0.1, 0.15) is 22.3 Å². The number of carbonyl (C=O) groups is 1. The summed E-state index contributed by atoms with van der Waals surface area (Å²) in [6.07, 6.45) is 0.816. The molecule has 1 fully saturated rings. The molecule has 0 aromatic heterocycles. The zero-order valence-corrected chi connectivity index (χ0v) is 13.9. The van der Waals surface area contributed by atoms with Crippen LogP contribution in [0.4, 0.5) is 14.5 Å². The summed E-state index contributed by atoms with van der Waals surface area (Å²) in [6, 6.07) is 8.30. The smallest absolute Gasteiger partial charge is 0.251 e. The summed E-state index contributed by atoms with van der Waals surface area (Å²) in [5, 5.41) is 12.4. The maximum Gasteiger partial charge on any atom is 0.251 e. The highest BCUT2D eigenvalue weighted by molar-refractivity contribution is 5.94. The number of carbonyl (C=O) groups excluding carboxylic acids is 1. The van der Waals surface area contributed by atoms with Crippen LogP contribution in [0.25, 0.3) is 0 Å². The van der Waals surface area contributed by atoms with Gasteiger partial charge in [-0.25, -0.2) is 8.78 Å². The monoisotopic (exact) mass is 346 g/mol. The van der Waals surface area contributed by atoms with Gasteiger partial charge in [0.2, 0.25) is 0 Å². The molecule has 0 saturated carbocycles. The predicted octanol–water partition coefficient (Wildman–Crippen LogP) is 3.24. The summed E-state index contributed by atoms with van der Waals surface area (Å²) in [6.45, 7) is 3.53. The third-order valence-electron chi connectivity index (χ3n) is 4.41. The van der Waals surface area contributed by atoms with E-state index in [4.69, 9.17) is 0 Å². The third-order valence-corrected chi connectivity index (χ3v) is 4.41. The molecule has 1 amide bonds. The Balaban J connectivity index is 1.57. The standard InChI is InChI=1S/C19H20F2N2O2/c1-12-6-14(8-16(24)7-12)19(25)22-10-13-4-5-23(11-13)18-3-2-15(20)9-17(18)21/h2-3,6-9,13,24H,4-5,10-11H2,1H3,(H,22,25). The number of anilines is 1. The van der Waals surface area contributed by atoms with Gasteiger partial charge in [-0.05, 0) is 55.2 Å². The Morgan fingerprint density at radius 3 is 2.80 bits per heavy atom. The van der Waals surface area contributed by atoms with Gasteiger partial charge in [-0.1, -0.05) is 0 Å². The van der Waals surface area contributed by atoms with Crippen LogP contribution in [-0.2, 0) is 0 Å². The first-order valence-corrected chi connectivity index (χ1v) is 8.21. The van der Waals surface area contributed by atoms with Crippen LogP contribution in [0.5, 0.6) is 5.75 Å². The fourth-order valence-electron chi connectivity index (χ4n) is 3.19. The van der Waals surface area contributed by atoms with Crippen molar-refractivity contribution < 1.29 is 18.7 Å². The average molecular weight is 346 g/mol. The van der Waals surface area contributed by atoms with Crippen LogP contribution in [-0.4, -0.2) is 30.6 Å². The van der Waals surface area contributed by atoms with Crippen molar-refractivity contribution in [2.75, 3.05) is 24.5 Å². The molecular formula is C19H20F2N2O2. The Hall–Kier alpha value is -2.63. The molecular weight excluding hydrogens is 326 g/mol. The molecule has 4 nitrogen and oxygen atoms in total. The van der Waals surface area contributed by atoms with Gasteiger partial charge in [0.1, 0.15) is 17.4 Å². The molecule has 1 heterocycles. The lowest BCUT2D eigenvalue weighted by atomic mass is 10.1.